The molecule has 1 heterocycles. The molecular formula is C16H22N6O2S. The zero-order valence-electron chi connectivity index (χ0n) is 14.7. The summed E-state index contributed by atoms with van der Waals surface area (Å²) >= 11 is 1.16. The third-order valence-electron chi connectivity index (χ3n) is 3.55. The van der Waals surface area contributed by atoms with Gasteiger partial charge in [0.2, 0.25) is 17.0 Å². The number of carbonyl (C=O) groups is 2. The van der Waals surface area contributed by atoms with Gasteiger partial charge in [0.1, 0.15) is 5.82 Å². The van der Waals surface area contributed by atoms with Crippen molar-refractivity contribution in [1.29, 1.82) is 0 Å². The van der Waals surface area contributed by atoms with Gasteiger partial charge in [0, 0.05) is 5.69 Å². The summed E-state index contributed by atoms with van der Waals surface area (Å²) < 4.78 is 1.31. The molecular weight excluding hydrogens is 340 g/mol. The molecule has 8 nitrogen and oxygen atoms in total. The monoisotopic (exact) mass is 362 g/mol. The molecule has 0 saturated carbocycles. The molecule has 25 heavy (non-hydrogen) atoms. The average Bonchev–Trinajstić information content (AvgIpc) is 2.86. The first-order valence-corrected chi connectivity index (χ1v) is 8.70. The van der Waals surface area contributed by atoms with Crippen LogP contribution in [0.3, 0.4) is 0 Å². The molecule has 0 radical (unpaired) electrons. The lowest BCUT2D eigenvalue weighted by Gasteiger charge is -2.13. The number of nitrogens with two attached hydrogens (primary N) is 1. The van der Waals surface area contributed by atoms with Gasteiger partial charge in [-0.05, 0) is 38.8 Å². The van der Waals surface area contributed by atoms with Crippen molar-refractivity contribution in [3.63, 3.8) is 0 Å². The molecule has 0 saturated heterocycles. The minimum absolute atomic E-state index is 0.0967. The van der Waals surface area contributed by atoms with Gasteiger partial charge in [-0.1, -0.05) is 29.5 Å². The van der Waals surface area contributed by atoms with Gasteiger partial charge >= 0.3 is 0 Å². The number of benzene rings is 1. The lowest BCUT2D eigenvalue weighted by atomic mass is 10.1. The number of nitrogens with one attached hydrogen (secondary N) is 2. The Morgan fingerprint density at radius 1 is 1.12 bits per heavy atom. The maximum atomic E-state index is 12.1. The maximum absolute atomic E-state index is 12.1. The predicted octanol–water partition coefficient (Wildman–Crippen LogP) is 1.07. The van der Waals surface area contributed by atoms with E-state index in [1.807, 2.05) is 32.9 Å². The molecule has 0 aliphatic rings. The average molecular weight is 362 g/mol. The molecule has 0 atom stereocenters. The second-order valence-electron chi connectivity index (χ2n) is 5.79. The SMILES string of the molecule is Cc1cc(C)c(NC(=O)CNC(=O)CSc2nnc(C)n2N)c(C)c1. The third-order valence-corrected chi connectivity index (χ3v) is 4.50. The Labute approximate surface area is 150 Å². The van der Waals surface area contributed by atoms with Crippen molar-refractivity contribution in [2.24, 2.45) is 0 Å². The highest BCUT2D eigenvalue weighted by molar-refractivity contribution is 7.99. The molecule has 2 rings (SSSR count). The number of rotatable bonds is 6. The first-order valence-electron chi connectivity index (χ1n) is 7.72. The molecule has 0 unspecified atom stereocenters. The van der Waals surface area contributed by atoms with Gasteiger partial charge in [-0.25, -0.2) is 4.68 Å². The fraction of sp³-hybridized carbons (Fsp3) is 0.375. The number of nitrogen functional groups attached to an aromatic ring is 1. The molecule has 0 bridgehead atoms. The number of aromatic nitrogens is 3. The fourth-order valence-corrected chi connectivity index (χ4v) is 3.10. The second-order valence-corrected chi connectivity index (χ2v) is 6.73. The molecule has 0 aliphatic carbocycles. The number of carbonyl (C=O) groups excluding carboxylic acids is 2. The van der Waals surface area contributed by atoms with Crippen LogP contribution in [-0.2, 0) is 9.59 Å². The van der Waals surface area contributed by atoms with Crippen LogP contribution in [0.5, 0.6) is 0 Å². The molecule has 4 N–H and O–H groups in total. The van der Waals surface area contributed by atoms with Gasteiger partial charge in [-0.2, -0.15) is 0 Å². The molecule has 1 aromatic carbocycles. The maximum Gasteiger partial charge on any atom is 0.243 e. The Kier molecular flexibility index (Phi) is 6.02. The molecule has 0 spiro atoms. The van der Waals surface area contributed by atoms with Crippen LogP contribution in [0.4, 0.5) is 5.69 Å². The molecule has 134 valence electrons. The first-order chi connectivity index (χ1) is 11.8. The summed E-state index contributed by atoms with van der Waals surface area (Å²) in [5.41, 5.74) is 3.91. The quantitative estimate of drug-likeness (QED) is 0.523. The summed E-state index contributed by atoms with van der Waals surface area (Å²) in [5, 5.41) is 13.5. The van der Waals surface area contributed by atoms with E-state index in [0.29, 0.717) is 11.0 Å². The highest BCUT2D eigenvalue weighted by Gasteiger charge is 2.12. The summed E-state index contributed by atoms with van der Waals surface area (Å²) in [6.45, 7) is 7.51. The van der Waals surface area contributed by atoms with Crippen molar-refractivity contribution < 1.29 is 9.59 Å². The second kappa shape index (κ2) is 8.02. The molecule has 0 fully saturated rings. The number of aryl methyl sites for hydroxylation is 4. The fourth-order valence-electron chi connectivity index (χ4n) is 2.37. The van der Waals surface area contributed by atoms with Crippen molar-refractivity contribution in [3.05, 3.63) is 34.6 Å². The summed E-state index contributed by atoms with van der Waals surface area (Å²) in [6, 6.07) is 4.01. The number of amides is 2. The number of hydrogen-bond acceptors (Lipinski definition) is 6. The number of nitrogens with zero attached hydrogens (tertiary/aromatic N) is 3. The molecule has 9 heteroatoms. The van der Waals surface area contributed by atoms with Crippen molar-refractivity contribution in [1.82, 2.24) is 20.2 Å². The third kappa shape index (κ3) is 4.96. The lowest BCUT2D eigenvalue weighted by Crippen LogP contribution is -2.34. The van der Waals surface area contributed by atoms with Gasteiger partial charge in [0.15, 0.2) is 0 Å². The van der Waals surface area contributed by atoms with Crippen LogP contribution in [0.1, 0.15) is 22.5 Å². The van der Waals surface area contributed by atoms with Gasteiger partial charge in [0.25, 0.3) is 0 Å². The van der Waals surface area contributed by atoms with E-state index < -0.39 is 0 Å². The molecule has 0 aliphatic heterocycles. The van der Waals surface area contributed by atoms with Crippen LogP contribution >= 0.6 is 11.8 Å². The Hall–Kier alpha value is -2.55. The van der Waals surface area contributed by atoms with Crippen molar-refractivity contribution in [3.8, 4) is 0 Å². The number of anilines is 1. The zero-order valence-corrected chi connectivity index (χ0v) is 15.5. The predicted molar refractivity (Wildman–Crippen MR) is 97.9 cm³/mol. The molecule has 2 amide bonds. The summed E-state index contributed by atoms with van der Waals surface area (Å²) in [4.78, 5) is 23.9. The number of hydrogen-bond donors (Lipinski definition) is 3. The Balaban J connectivity index is 1.82. The Morgan fingerprint density at radius 3 is 2.32 bits per heavy atom. The lowest BCUT2D eigenvalue weighted by molar-refractivity contribution is -0.122. The van der Waals surface area contributed by atoms with Crippen molar-refractivity contribution >= 4 is 29.3 Å². The Morgan fingerprint density at radius 2 is 1.76 bits per heavy atom. The summed E-state index contributed by atoms with van der Waals surface area (Å²) in [5.74, 6) is 5.82. The molecule has 1 aromatic heterocycles. The molecule has 2 aromatic rings. The largest absolute Gasteiger partial charge is 0.346 e. The van der Waals surface area contributed by atoms with Gasteiger partial charge in [-0.3, -0.25) is 9.59 Å². The van der Waals surface area contributed by atoms with E-state index in [9.17, 15) is 9.59 Å². The van der Waals surface area contributed by atoms with Crippen molar-refractivity contribution in [2.45, 2.75) is 32.9 Å². The van der Waals surface area contributed by atoms with E-state index in [4.69, 9.17) is 5.84 Å². The summed E-state index contributed by atoms with van der Waals surface area (Å²) in [6.07, 6.45) is 0. The highest BCUT2D eigenvalue weighted by atomic mass is 32.2. The van der Waals surface area contributed by atoms with Gasteiger partial charge in [0.05, 0.1) is 12.3 Å². The van der Waals surface area contributed by atoms with Crippen molar-refractivity contribution in [2.75, 3.05) is 23.5 Å². The first kappa shape index (κ1) is 18.8. The normalized spacial score (nSPS) is 10.6. The topological polar surface area (TPSA) is 115 Å². The van der Waals surface area contributed by atoms with Gasteiger partial charge in [-0.15, -0.1) is 10.2 Å². The van der Waals surface area contributed by atoms with E-state index in [0.717, 1.165) is 34.1 Å². The van der Waals surface area contributed by atoms with Crippen LogP contribution in [0.2, 0.25) is 0 Å². The number of thioether (sulfide) groups is 1. The zero-order chi connectivity index (χ0) is 18.6. The smallest absolute Gasteiger partial charge is 0.243 e. The van der Waals surface area contributed by atoms with Crippen LogP contribution in [0, 0.1) is 27.7 Å². The van der Waals surface area contributed by atoms with Crippen LogP contribution in [-0.4, -0.2) is 39.0 Å². The minimum atomic E-state index is -0.279. The van der Waals surface area contributed by atoms with E-state index in [1.165, 1.54) is 4.68 Å². The van der Waals surface area contributed by atoms with E-state index in [1.54, 1.807) is 6.92 Å². The van der Waals surface area contributed by atoms with Crippen LogP contribution in [0.25, 0.3) is 0 Å². The van der Waals surface area contributed by atoms with Crippen LogP contribution in [0.15, 0.2) is 17.3 Å². The van der Waals surface area contributed by atoms with E-state index >= 15 is 0 Å². The minimum Gasteiger partial charge on any atom is -0.346 e. The van der Waals surface area contributed by atoms with Crippen LogP contribution < -0.4 is 16.5 Å². The Bertz CT molecular complexity index is 779. The van der Waals surface area contributed by atoms with E-state index in [-0.39, 0.29) is 24.1 Å². The van der Waals surface area contributed by atoms with E-state index in [2.05, 4.69) is 20.8 Å². The highest BCUT2D eigenvalue weighted by Crippen LogP contribution is 2.21. The standard InChI is InChI=1S/C16H22N6O2S/c1-9-5-10(2)15(11(3)6-9)19-13(23)7-18-14(24)8-25-16-21-20-12(4)22(16)17/h5-6H,7-8,17H2,1-4H3,(H,18,24)(H,19,23). The summed E-state index contributed by atoms with van der Waals surface area (Å²) in [7, 11) is 0. The van der Waals surface area contributed by atoms with Gasteiger partial charge < -0.3 is 16.5 Å².